The van der Waals surface area contributed by atoms with E-state index in [2.05, 4.69) is 5.32 Å². The number of amides is 1. The topological polar surface area (TPSA) is 55.4 Å². The van der Waals surface area contributed by atoms with Crippen molar-refractivity contribution in [1.29, 1.82) is 0 Å². The molecule has 0 aromatic heterocycles. The Kier molecular flexibility index (Phi) is 7.61. The minimum atomic E-state index is -5.06. The van der Waals surface area contributed by atoms with Crippen molar-refractivity contribution in [3.05, 3.63) is 76.5 Å². The third kappa shape index (κ3) is 8.28. The fourth-order valence-corrected chi connectivity index (χ4v) is 2.71. The van der Waals surface area contributed by atoms with Crippen molar-refractivity contribution >= 4 is 18.0 Å². The average molecular weight is 473 g/mol. The molecule has 0 atom stereocenters. The van der Waals surface area contributed by atoms with Gasteiger partial charge in [0, 0.05) is 6.42 Å². The van der Waals surface area contributed by atoms with Crippen LogP contribution >= 0.6 is 0 Å². The molecule has 0 spiro atoms. The molecular weight excluding hydrogens is 452 g/mol. The number of halogens is 6. The highest BCUT2D eigenvalue weighted by molar-refractivity contribution is 6.02. The summed E-state index contributed by atoms with van der Waals surface area (Å²) < 4.78 is 84.1. The average Bonchev–Trinajstić information content (AvgIpc) is 2.65. The standard InChI is InChI=1S/C23H21F6NO3/c1-21(2,3)33-20(32)30-18(19(31)12-14-7-5-4-6-8-14)11-15-9-16(22(24,25)26)13-17(10-15)23(27,28)29/h4-11,13H,12H2,1-3H3,(H,30,32). The third-order valence-electron chi connectivity index (χ3n) is 4.06. The van der Waals surface area contributed by atoms with Gasteiger partial charge in [0.2, 0.25) is 0 Å². The molecule has 2 rings (SSSR count). The van der Waals surface area contributed by atoms with Crippen LogP contribution < -0.4 is 5.32 Å². The van der Waals surface area contributed by atoms with Gasteiger partial charge < -0.3 is 4.74 Å². The van der Waals surface area contributed by atoms with E-state index in [0.29, 0.717) is 17.7 Å². The van der Waals surface area contributed by atoms with Crippen LogP contribution in [0, 0.1) is 0 Å². The maximum atomic E-state index is 13.2. The Hall–Kier alpha value is -3.30. The lowest BCUT2D eigenvalue weighted by molar-refractivity contribution is -0.143. The first kappa shape index (κ1) is 26.0. The van der Waals surface area contributed by atoms with Crippen molar-refractivity contribution < 1.29 is 40.7 Å². The highest BCUT2D eigenvalue weighted by Gasteiger charge is 2.36. The Morgan fingerprint density at radius 3 is 1.85 bits per heavy atom. The summed E-state index contributed by atoms with van der Waals surface area (Å²) in [7, 11) is 0. The molecule has 1 amide bonds. The van der Waals surface area contributed by atoms with Crippen molar-refractivity contribution in [1.82, 2.24) is 5.32 Å². The second-order valence-electron chi connectivity index (χ2n) is 8.11. The minimum Gasteiger partial charge on any atom is -0.444 e. The molecule has 4 nitrogen and oxygen atoms in total. The summed E-state index contributed by atoms with van der Waals surface area (Å²) in [5.41, 5.74) is -4.60. The number of ether oxygens (including phenoxy) is 1. The molecule has 0 radical (unpaired) electrons. The number of allylic oxidation sites excluding steroid dienone is 1. The van der Waals surface area contributed by atoms with E-state index in [1.54, 1.807) is 51.1 Å². The maximum absolute atomic E-state index is 13.2. The Balaban J connectivity index is 2.53. The zero-order valence-electron chi connectivity index (χ0n) is 17.9. The van der Waals surface area contributed by atoms with Crippen LogP contribution in [-0.2, 0) is 28.3 Å². The first-order chi connectivity index (χ1) is 15.0. The van der Waals surface area contributed by atoms with E-state index in [1.165, 1.54) is 0 Å². The molecule has 0 saturated carbocycles. The molecule has 0 aliphatic heterocycles. The van der Waals surface area contributed by atoms with E-state index < -0.39 is 52.2 Å². The highest BCUT2D eigenvalue weighted by Crippen LogP contribution is 2.36. The van der Waals surface area contributed by atoms with Crippen molar-refractivity contribution in [3.8, 4) is 0 Å². The maximum Gasteiger partial charge on any atom is 0.416 e. The molecule has 2 aromatic carbocycles. The second-order valence-corrected chi connectivity index (χ2v) is 8.11. The van der Waals surface area contributed by atoms with Gasteiger partial charge in [0.05, 0.1) is 16.8 Å². The van der Waals surface area contributed by atoms with Gasteiger partial charge in [-0.15, -0.1) is 0 Å². The summed E-state index contributed by atoms with van der Waals surface area (Å²) in [4.78, 5) is 25.0. The molecule has 0 fully saturated rings. The van der Waals surface area contributed by atoms with Gasteiger partial charge in [-0.1, -0.05) is 30.3 Å². The molecular formula is C23H21F6NO3. The molecule has 0 bridgehead atoms. The summed E-state index contributed by atoms with van der Waals surface area (Å²) in [5.74, 6) is -0.738. The Labute approximate surface area is 186 Å². The van der Waals surface area contributed by atoms with Gasteiger partial charge in [-0.25, -0.2) is 4.79 Å². The molecule has 0 aliphatic rings. The van der Waals surface area contributed by atoms with Gasteiger partial charge in [-0.2, -0.15) is 26.3 Å². The molecule has 178 valence electrons. The smallest absolute Gasteiger partial charge is 0.416 e. The van der Waals surface area contributed by atoms with Crippen LogP contribution in [0.1, 0.15) is 43.0 Å². The summed E-state index contributed by atoms with van der Waals surface area (Å²) in [6.07, 6.45) is -10.7. The van der Waals surface area contributed by atoms with Gasteiger partial charge in [0.25, 0.3) is 0 Å². The number of carbonyl (C=O) groups is 2. The van der Waals surface area contributed by atoms with Crippen LogP contribution in [0.4, 0.5) is 31.1 Å². The van der Waals surface area contributed by atoms with Crippen LogP contribution in [-0.4, -0.2) is 17.5 Å². The quantitative estimate of drug-likeness (QED) is 0.404. The number of carbonyl (C=O) groups excluding carboxylic acids is 2. The largest absolute Gasteiger partial charge is 0.444 e. The molecule has 0 heterocycles. The number of alkyl carbamates (subject to hydrolysis) is 1. The number of nitrogens with one attached hydrogen (secondary N) is 1. The van der Waals surface area contributed by atoms with Gasteiger partial charge in [0.1, 0.15) is 5.60 Å². The van der Waals surface area contributed by atoms with Crippen molar-refractivity contribution in [3.63, 3.8) is 0 Å². The number of ketones is 1. The minimum absolute atomic E-state index is 0.0237. The van der Waals surface area contributed by atoms with E-state index in [1.807, 2.05) is 0 Å². The van der Waals surface area contributed by atoms with Crippen LogP contribution in [0.5, 0.6) is 0 Å². The zero-order valence-corrected chi connectivity index (χ0v) is 17.9. The molecule has 10 heteroatoms. The molecule has 0 unspecified atom stereocenters. The van der Waals surface area contributed by atoms with Crippen molar-refractivity contribution in [2.45, 2.75) is 45.1 Å². The lowest BCUT2D eigenvalue weighted by atomic mass is 10.0. The molecule has 1 N–H and O–H groups in total. The first-order valence-corrected chi connectivity index (χ1v) is 9.63. The van der Waals surface area contributed by atoms with Crippen LogP contribution in [0.2, 0.25) is 0 Å². The Morgan fingerprint density at radius 1 is 0.879 bits per heavy atom. The molecule has 2 aromatic rings. The van der Waals surface area contributed by atoms with E-state index in [0.717, 1.165) is 6.08 Å². The van der Waals surface area contributed by atoms with Crippen LogP contribution in [0.3, 0.4) is 0 Å². The van der Waals surface area contributed by atoms with E-state index >= 15 is 0 Å². The predicted octanol–water partition coefficient (Wildman–Crippen LogP) is 6.40. The molecule has 0 saturated heterocycles. The van der Waals surface area contributed by atoms with E-state index in [9.17, 15) is 35.9 Å². The van der Waals surface area contributed by atoms with E-state index in [4.69, 9.17) is 4.74 Å². The summed E-state index contributed by atoms with van der Waals surface area (Å²) in [6, 6.07) is 9.11. The second kappa shape index (κ2) is 9.68. The predicted molar refractivity (Wildman–Crippen MR) is 109 cm³/mol. The van der Waals surface area contributed by atoms with Gasteiger partial charge in [-0.3, -0.25) is 10.1 Å². The number of benzene rings is 2. The zero-order chi connectivity index (χ0) is 25.0. The third-order valence-corrected chi connectivity index (χ3v) is 4.06. The van der Waals surface area contributed by atoms with E-state index in [-0.39, 0.29) is 12.5 Å². The van der Waals surface area contributed by atoms with Crippen molar-refractivity contribution in [2.75, 3.05) is 0 Å². The number of rotatable bonds is 5. The Morgan fingerprint density at radius 2 is 1.39 bits per heavy atom. The number of Topliss-reactive ketones (excluding diaryl/α,β-unsaturated/α-hetero) is 1. The lowest BCUT2D eigenvalue weighted by Gasteiger charge is -2.20. The fraction of sp³-hybridized carbons (Fsp3) is 0.304. The molecule has 33 heavy (non-hydrogen) atoms. The number of alkyl halides is 6. The van der Waals surface area contributed by atoms with Gasteiger partial charge in [-0.05, 0) is 56.2 Å². The number of hydrogen-bond acceptors (Lipinski definition) is 3. The highest BCUT2D eigenvalue weighted by atomic mass is 19.4. The first-order valence-electron chi connectivity index (χ1n) is 9.63. The lowest BCUT2D eigenvalue weighted by Crippen LogP contribution is -2.34. The monoisotopic (exact) mass is 473 g/mol. The number of hydrogen-bond donors (Lipinski definition) is 1. The summed E-state index contributed by atoms with van der Waals surface area (Å²) >= 11 is 0. The summed E-state index contributed by atoms with van der Waals surface area (Å²) in [6.45, 7) is 4.64. The molecule has 0 aliphatic carbocycles. The fourth-order valence-electron chi connectivity index (χ4n) is 2.71. The SMILES string of the molecule is CC(C)(C)OC(=O)NC(=Cc1cc(C(F)(F)F)cc(C(F)(F)F)c1)C(=O)Cc1ccccc1. The Bertz CT molecular complexity index is 1000. The summed E-state index contributed by atoms with van der Waals surface area (Å²) in [5, 5.41) is 2.15. The van der Waals surface area contributed by atoms with Crippen molar-refractivity contribution in [2.24, 2.45) is 0 Å². The van der Waals surface area contributed by atoms with Gasteiger partial charge >= 0.3 is 18.4 Å². The van der Waals surface area contributed by atoms with Crippen LogP contribution in [0.25, 0.3) is 6.08 Å². The van der Waals surface area contributed by atoms with Crippen LogP contribution in [0.15, 0.2) is 54.2 Å². The normalized spacial score (nSPS) is 12.9. The van der Waals surface area contributed by atoms with Gasteiger partial charge in [0.15, 0.2) is 5.78 Å².